The molecule has 3 aliphatic rings. The number of rotatable bonds is 8. The molecule has 3 heterocycles. The Hall–Kier alpha value is -1.87. The van der Waals surface area contributed by atoms with E-state index in [1.165, 1.54) is 24.9 Å². The summed E-state index contributed by atoms with van der Waals surface area (Å²) in [7, 11) is 1.70. The van der Waals surface area contributed by atoms with E-state index in [0.717, 1.165) is 64.3 Å². The number of hydrogen-bond acceptors (Lipinski definition) is 6. The lowest BCUT2D eigenvalue weighted by atomic mass is 10.0. The minimum atomic E-state index is 0.205. The van der Waals surface area contributed by atoms with Crippen molar-refractivity contribution in [2.75, 3.05) is 72.7 Å². The molecule has 3 saturated heterocycles. The molecule has 32 heavy (non-hydrogen) atoms. The standard InChI is InChI=1S/C24H39N5O3/c1-3-25-24(26-15-22-17-29-10-4-5-20(29)18-32-22)27-16-23(28-11-13-31-14-12-28)19-6-8-21(30-2)9-7-19/h6-9,20,22-23H,3-5,10-18H2,1-2H3,(H2,25,26,27). The van der Waals surface area contributed by atoms with Crippen molar-refractivity contribution in [2.45, 2.75) is 38.0 Å². The van der Waals surface area contributed by atoms with Gasteiger partial charge in [0.15, 0.2) is 5.96 Å². The molecule has 4 rings (SSSR count). The second-order valence-corrected chi connectivity index (χ2v) is 8.78. The molecule has 2 N–H and O–H groups in total. The maximum Gasteiger partial charge on any atom is 0.191 e. The molecular weight excluding hydrogens is 406 g/mol. The van der Waals surface area contributed by atoms with Crippen molar-refractivity contribution in [1.82, 2.24) is 20.4 Å². The number of fused-ring (bicyclic) bond motifs is 1. The van der Waals surface area contributed by atoms with Crippen LogP contribution < -0.4 is 15.4 Å². The zero-order valence-corrected chi connectivity index (χ0v) is 19.6. The molecule has 8 nitrogen and oxygen atoms in total. The van der Waals surface area contributed by atoms with Crippen LogP contribution in [0.4, 0.5) is 0 Å². The third kappa shape index (κ3) is 6.13. The van der Waals surface area contributed by atoms with Crippen molar-refractivity contribution in [1.29, 1.82) is 0 Å². The van der Waals surface area contributed by atoms with E-state index in [2.05, 4.69) is 39.5 Å². The van der Waals surface area contributed by atoms with Crippen LogP contribution in [0.1, 0.15) is 31.4 Å². The number of nitrogens with zero attached hydrogens (tertiary/aromatic N) is 3. The minimum Gasteiger partial charge on any atom is -0.497 e. The lowest BCUT2D eigenvalue weighted by Gasteiger charge is -2.35. The van der Waals surface area contributed by atoms with Gasteiger partial charge in [-0.3, -0.25) is 14.8 Å². The number of morpholine rings is 2. The molecule has 0 bridgehead atoms. The largest absolute Gasteiger partial charge is 0.497 e. The van der Waals surface area contributed by atoms with Crippen molar-refractivity contribution in [3.8, 4) is 5.75 Å². The van der Waals surface area contributed by atoms with Crippen molar-refractivity contribution < 1.29 is 14.2 Å². The van der Waals surface area contributed by atoms with Gasteiger partial charge in [0.1, 0.15) is 5.75 Å². The van der Waals surface area contributed by atoms with E-state index in [1.54, 1.807) is 7.11 Å². The Morgan fingerprint density at radius 3 is 2.75 bits per heavy atom. The van der Waals surface area contributed by atoms with Crippen molar-refractivity contribution >= 4 is 5.96 Å². The first kappa shape index (κ1) is 23.3. The summed E-state index contributed by atoms with van der Waals surface area (Å²) in [6.45, 7) is 10.9. The molecule has 1 aromatic carbocycles. The van der Waals surface area contributed by atoms with Gasteiger partial charge in [0.05, 0.1) is 45.6 Å². The summed E-state index contributed by atoms with van der Waals surface area (Å²) < 4.78 is 17.0. The van der Waals surface area contributed by atoms with Crippen LogP contribution in [0, 0.1) is 0 Å². The summed E-state index contributed by atoms with van der Waals surface area (Å²) >= 11 is 0. The smallest absolute Gasteiger partial charge is 0.191 e. The third-order valence-electron chi connectivity index (χ3n) is 6.71. The molecule has 3 aliphatic heterocycles. The Labute approximate surface area is 192 Å². The average Bonchev–Trinajstić information content (AvgIpc) is 3.31. The summed E-state index contributed by atoms with van der Waals surface area (Å²) in [6, 6.07) is 9.20. The topological polar surface area (TPSA) is 70.6 Å². The van der Waals surface area contributed by atoms with Crippen LogP contribution in [0.2, 0.25) is 0 Å². The molecule has 0 spiro atoms. The summed E-state index contributed by atoms with van der Waals surface area (Å²) in [5.41, 5.74) is 1.25. The van der Waals surface area contributed by atoms with Crippen LogP contribution >= 0.6 is 0 Å². The molecule has 0 amide bonds. The number of hydrogen-bond donors (Lipinski definition) is 2. The number of guanidine groups is 1. The predicted octanol–water partition coefficient (Wildman–Crippen LogP) is 1.49. The van der Waals surface area contributed by atoms with E-state index in [1.807, 2.05) is 12.1 Å². The van der Waals surface area contributed by atoms with Crippen LogP contribution in [0.5, 0.6) is 5.75 Å². The molecule has 178 valence electrons. The Morgan fingerprint density at radius 2 is 2.00 bits per heavy atom. The van der Waals surface area contributed by atoms with Gasteiger partial charge in [0.25, 0.3) is 0 Å². The minimum absolute atomic E-state index is 0.205. The Bertz CT molecular complexity index is 723. The van der Waals surface area contributed by atoms with E-state index in [4.69, 9.17) is 19.2 Å². The summed E-state index contributed by atoms with van der Waals surface area (Å²) in [5, 5.41) is 6.93. The van der Waals surface area contributed by atoms with Gasteiger partial charge >= 0.3 is 0 Å². The van der Waals surface area contributed by atoms with Gasteiger partial charge in [-0.25, -0.2) is 0 Å². The van der Waals surface area contributed by atoms with Gasteiger partial charge in [-0.1, -0.05) is 12.1 Å². The molecular formula is C24H39N5O3. The van der Waals surface area contributed by atoms with E-state index < -0.39 is 0 Å². The van der Waals surface area contributed by atoms with Crippen LogP contribution in [-0.2, 0) is 9.47 Å². The number of methoxy groups -OCH3 is 1. The van der Waals surface area contributed by atoms with E-state index in [0.29, 0.717) is 12.6 Å². The van der Waals surface area contributed by atoms with Crippen LogP contribution in [0.15, 0.2) is 29.3 Å². The second-order valence-electron chi connectivity index (χ2n) is 8.78. The van der Waals surface area contributed by atoms with Gasteiger partial charge in [-0.05, 0) is 44.0 Å². The van der Waals surface area contributed by atoms with Crippen molar-refractivity contribution in [2.24, 2.45) is 4.99 Å². The summed E-state index contributed by atoms with van der Waals surface area (Å²) in [5.74, 6) is 1.73. The lowest BCUT2D eigenvalue weighted by Crippen LogP contribution is -2.51. The van der Waals surface area contributed by atoms with Gasteiger partial charge in [-0.2, -0.15) is 0 Å². The number of benzene rings is 1. The highest BCUT2D eigenvalue weighted by Gasteiger charge is 2.32. The zero-order chi connectivity index (χ0) is 22.2. The highest BCUT2D eigenvalue weighted by atomic mass is 16.5. The third-order valence-corrected chi connectivity index (χ3v) is 6.71. The highest BCUT2D eigenvalue weighted by molar-refractivity contribution is 5.79. The Kier molecular flexibility index (Phi) is 8.62. The fraction of sp³-hybridized carbons (Fsp3) is 0.708. The van der Waals surface area contributed by atoms with E-state index in [9.17, 15) is 0 Å². The number of nitrogens with one attached hydrogen (secondary N) is 2. The maximum atomic E-state index is 6.11. The SMILES string of the molecule is CCNC(=NCC(c1ccc(OC)cc1)N1CCOCC1)NCC1CN2CCCC2CO1. The van der Waals surface area contributed by atoms with Crippen LogP contribution in [0.3, 0.4) is 0 Å². The normalized spacial score (nSPS) is 25.9. The predicted molar refractivity (Wildman–Crippen MR) is 126 cm³/mol. The van der Waals surface area contributed by atoms with E-state index >= 15 is 0 Å². The first-order valence-electron chi connectivity index (χ1n) is 12.1. The second kappa shape index (κ2) is 11.8. The zero-order valence-electron chi connectivity index (χ0n) is 19.6. The number of aliphatic imine (C=N–C) groups is 1. The fourth-order valence-corrected chi connectivity index (χ4v) is 4.89. The van der Waals surface area contributed by atoms with Crippen LogP contribution in [-0.4, -0.2) is 101 Å². The monoisotopic (exact) mass is 445 g/mol. The molecule has 3 atom stereocenters. The average molecular weight is 446 g/mol. The molecule has 3 unspecified atom stereocenters. The Balaban J connectivity index is 1.39. The van der Waals surface area contributed by atoms with E-state index in [-0.39, 0.29) is 12.1 Å². The van der Waals surface area contributed by atoms with Crippen molar-refractivity contribution in [3.05, 3.63) is 29.8 Å². The molecule has 0 radical (unpaired) electrons. The van der Waals surface area contributed by atoms with Crippen molar-refractivity contribution in [3.63, 3.8) is 0 Å². The summed E-state index contributed by atoms with van der Waals surface area (Å²) in [4.78, 5) is 10.0. The first-order chi connectivity index (χ1) is 15.8. The quantitative estimate of drug-likeness (QED) is 0.464. The van der Waals surface area contributed by atoms with Gasteiger partial charge < -0.3 is 24.8 Å². The molecule has 0 aromatic heterocycles. The molecule has 8 heteroatoms. The lowest BCUT2D eigenvalue weighted by molar-refractivity contribution is -0.0453. The molecule has 3 fully saturated rings. The fourth-order valence-electron chi connectivity index (χ4n) is 4.89. The highest BCUT2D eigenvalue weighted by Crippen LogP contribution is 2.25. The summed E-state index contributed by atoms with van der Waals surface area (Å²) in [6.07, 6.45) is 2.79. The molecule has 1 aromatic rings. The maximum absolute atomic E-state index is 6.11. The van der Waals surface area contributed by atoms with Gasteiger partial charge in [-0.15, -0.1) is 0 Å². The number of ether oxygens (including phenoxy) is 3. The molecule has 0 aliphatic carbocycles. The Morgan fingerprint density at radius 1 is 1.19 bits per heavy atom. The first-order valence-corrected chi connectivity index (χ1v) is 12.1. The molecule has 0 saturated carbocycles. The van der Waals surface area contributed by atoms with Gasteiger partial charge in [0, 0.05) is 38.8 Å². The van der Waals surface area contributed by atoms with Crippen LogP contribution in [0.25, 0.3) is 0 Å². The van der Waals surface area contributed by atoms with Gasteiger partial charge in [0.2, 0.25) is 0 Å².